The Balaban J connectivity index is 2.19. The van der Waals surface area contributed by atoms with Crippen molar-refractivity contribution >= 4 is 22.2 Å². The molecule has 2 rings (SSSR count). The van der Waals surface area contributed by atoms with Crippen molar-refractivity contribution in [3.8, 4) is 6.07 Å². The second-order valence-corrected chi connectivity index (χ2v) is 5.23. The van der Waals surface area contributed by atoms with Crippen molar-refractivity contribution in [3.63, 3.8) is 0 Å². The molecule has 1 aromatic rings. The van der Waals surface area contributed by atoms with Gasteiger partial charge < -0.3 is 10.6 Å². The summed E-state index contributed by atoms with van der Waals surface area (Å²) in [5, 5.41) is 16.0. The van der Waals surface area contributed by atoms with Crippen LogP contribution < -0.4 is 10.6 Å². The normalized spacial score (nSPS) is 14.5. The first kappa shape index (κ1) is 13.5. The topological polar surface area (TPSA) is 64.9 Å². The highest BCUT2D eigenvalue weighted by Crippen LogP contribution is 2.34. The van der Waals surface area contributed by atoms with E-state index in [1.807, 2.05) is 13.0 Å². The van der Waals surface area contributed by atoms with Crippen LogP contribution in [0, 0.1) is 11.3 Å². The SMILES string of the molecule is C/C=C/C=C/C(=O)Nc1sc2c(c1C#N)CCNC2. The van der Waals surface area contributed by atoms with Crippen LogP contribution in [0.25, 0.3) is 0 Å². The number of amides is 1. The summed E-state index contributed by atoms with van der Waals surface area (Å²) < 4.78 is 0. The molecule has 0 bridgehead atoms. The molecule has 1 amide bonds. The predicted molar refractivity (Wildman–Crippen MR) is 77.0 cm³/mol. The van der Waals surface area contributed by atoms with E-state index in [4.69, 9.17) is 0 Å². The Kier molecular flexibility index (Phi) is 4.50. The number of fused-ring (bicyclic) bond motifs is 1. The van der Waals surface area contributed by atoms with Crippen molar-refractivity contribution in [1.82, 2.24) is 5.32 Å². The molecule has 0 aliphatic carbocycles. The fraction of sp³-hybridized carbons (Fsp3) is 0.286. The highest BCUT2D eigenvalue weighted by atomic mass is 32.1. The van der Waals surface area contributed by atoms with Gasteiger partial charge in [-0.3, -0.25) is 4.79 Å². The fourth-order valence-corrected chi connectivity index (χ4v) is 3.12. The summed E-state index contributed by atoms with van der Waals surface area (Å²) in [6, 6.07) is 2.21. The summed E-state index contributed by atoms with van der Waals surface area (Å²) in [5.41, 5.74) is 1.70. The number of nitriles is 1. The maximum absolute atomic E-state index is 11.7. The number of nitrogens with one attached hydrogen (secondary N) is 2. The van der Waals surface area contributed by atoms with Crippen LogP contribution in [0.2, 0.25) is 0 Å². The fourth-order valence-electron chi connectivity index (χ4n) is 1.95. The lowest BCUT2D eigenvalue weighted by molar-refractivity contribution is -0.111. The third-order valence-corrected chi connectivity index (χ3v) is 3.98. The van der Waals surface area contributed by atoms with E-state index in [9.17, 15) is 10.1 Å². The first-order valence-electron chi connectivity index (χ1n) is 6.12. The molecule has 0 unspecified atom stereocenters. The number of anilines is 1. The minimum atomic E-state index is -0.207. The molecular weight excluding hydrogens is 258 g/mol. The van der Waals surface area contributed by atoms with Crippen molar-refractivity contribution in [3.05, 3.63) is 40.3 Å². The maximum Gasteiger partial charge on any atom is 0.248 e. The number of hydrogen-bond acceptors (Lipinski definition) is 4. The van der Waals surface area contributed by atoms with Gasteiger partial charge in [0, 0.05) is 17.5 Å². The van der Waals surface area contributed by atoms with Gasteiger partial charge in [-0.25, -0.2) is 0 Å². The molecule has 5 heteroatoms. The lowest BCUT2D eigenvalue weighted by atomic mass is 10.1. The van der Waals surface area contributed by atoms with Crippen molar-refractivity contribution < 1.29 is 4.79 Å². The van der Waals surface area contributed by atoms with Crippen LogP contribution in [0.5, 0.6) is 0 Å². The molecule has 1 aliphatic heterocycles. The van der Waals surface area contributed by atoms with Crippen LogP contribution in [0.4, 0.5) is 5.00 Å². The van der Waals surface area contributed by atoms with Gasteiger partial charge in [0.15, 0.2) is 0 Å². The first-order valence-corrected chi connectivity index (χ1v) is 6.93. The molecule has 0 atom stereocenters. The lowest BCUT2D eigenvalue weighted by Gasteiger charge is -2.11. The van der Waals surface area contributed by atoms with E-state index in [0.717, 1.165) is 30.0 Å². The van der Waals surface area contributed by atoms with E-state index in [1.165, 1.54) is 17.4 Å². The molecule has 98 valence electrons. The zero-order valence-corrected chi connectivity index (χ0v) is 11.5. The first-order chi connectivity index (χ1) is 9.26. The third kappa shape index (κ3) is 3.11. The van der Waals surface area contributed by atoms with Crippen molar-refractivity contribution in [2.75, 3.05) is 11.9 Å². The molecule has 0 fully saturated rings. The largest absolute Gasteiger partial charge is 0.313 e. The summed E-state index contributed by atoms with van der Waals surface area (Å²) in [6.07, 6.45) is 7.61. The van der Waals surface area contributed by atoms with E-state index in [0.29, 0.717) is 10.6 Å². The molecule has 2 heterocycles. The average Bonchev–Trinajstić information content (AvgIpc) is 2.76. The van der Waals surface area contributed by atoms with E-state index in [1.54, 1.807) is 12.2 Å². The Morgan fingerprint density at radius 3 is 3.11 bits per heavy atom. The summed E-state index contributed by atoms with van der Waals surface area (Å²) in [4.78, 5) is 12.9. The average molecular weight is 273 g/mol. The molecule has 0 saturated heterocycles. The van der Waals surface area contributed by atoms with E-state index in [-0.39, 0.29) is 5.91 Å². The second kappa shape index (κ2) is 6.32. The van der Waals surface area contributed by atoms with Crippen LogP contribution in [0.1, 0.15) is 22.9 Å². The Morgan fingerprint density at radius 1 is 1.53 bits per heavy atom. The summed E-state index contributed by atoms with van der Waals surface area (Å²) in [5.74, 6) is -0.207. The molecule has 19 heavy (non-hydrogen) atoms. The molecule has 0 aromatic carbocycles. The van der Waals surface area contributed by atoms with Gasteiger partial charge in [0.05, 0.1) is 5.56 Å². The number of nitrogens with zero attached hydrogens (tertiary/aromatic N) is 1. The molecule has 4 nitrogen and oxygen atoms in total. The van der Waals surface area contributed by atoms with Gasteiger partial charge in [-0.05, 0) is 25.5 Å². The molecular formula is C14H15N3OS. The smallest absolute Gasteiger partial charge is 0.248 e. The lowest BCUT2D eigenvalue weighted by Crippen LogP contribution is -2.22. The summed E-state index contributed by atoms with van der Waals surface area (Å²) >= 11 is 1.49. The summed E-state index contributed by atoms with van der Waals surface area (Å²) in [7, 11) is 0. The van der Waals surface area contributed by atoms with Gasteiger partial charge in [-0.15, -0.1) is 11.3 Å². The Hall–Kier alpha value is -1.90. The molecule has 0 radical (unpaired) electrons. The van der Waals surface area contributed by atoms with E-state index >= 15 is 0 Å². The molecule has 1 aromatic heterocycles. The van der Waals surface area contributed by atoms with Gasteiger partial charge in [0.2, 0.25) is 5.91 Å². The number of carbonyl (C=O) groups excluding carboxylic acids is 1. The van der Waals surface area contributed by atoms with E-state index < -0.39 is 0 Å². The van der Waals surface area contributed by atoms with Gasteiger partial charge in [-0.2, -0.15) is 5.26 Å². The maximum atomic E-state index is 11.7. The molecule has 0 spiro atoms. The van der Waals surface area contributed by atoms with Gasteiger partial charge >= 0.3 is 0 Å². The zero-order chi connectivity index (χ0) is 13.7. The second-order valence-electron chi connectivity index (χ2n) is 4.12. The quantitative estimate of drug-likeness (QED) is 0.656. The molecule has 1 aliphatic rings. The van der Waals surface area contributed by atoms with Crippen LogP contribution in [0.15, 0.2) is 24.3 Å². The van der Waals surface area contributed by atoms with Crippen molar-refractivity contribution in [2.45, 2.75) is 19.9 Å². The molecule has 2 N–H and O–H groups in total. The minimum Gasteiger partial charge on any atom is -0.313 e. The van der Waals surface area contributed by atoms with Crippen LogP contribution in [0.3, 0.4) is 0 Å². The number of allylic oxidation sites excluding steroid dienone is 3. The summed E-state index contributed by atoms with van der Waals surface area (Å²) in [6.45, 7) is 3.54. The van der Waals surface area contributed by atoms with Crippen molar-refractivity contribution in [1.29, 1.82) is 5.26 Å². The van der Waals surface area contributed by atoms with Crippen molar-refractivity contribution in [2.24, 2.45) is 0 Å². The number of hydrogen-bond donors (Lipinski definition) is 2. The standard InChI is InChI=1S/C14H15N3OS/c1-2-3-4-5-13(18)17-14-11(8-15)10-6-7-16-9-12(10)19-14/h2-5,16H,6-7,9H2,1H3,(H,17,18)/b3-2+,5-4+. The van der Waals surface area contributed by atoms with Crippen LogP contribution in [-0.4, -0.2) is 12.5 Å². The monoisotopic (exact) mass is 273 g/mol. The Morgan fingerprint density at radius 2 is 2.37 bits per heavy atom. The minimum absolute atomic E-state index is 0.207. The van der Waals surface area contributed by atoms with Gasteiger partial charge in [0.1, 0.15) is 11.1 Å². The number of carbonyl (C=O) groups is 1. The Bertz CT molecular complexity index is 578. The zero-order valence-electron chi connectivity index (χ0n) is 10.7. The molecule has 0 saturated carbocycles. The van der Waals surface area contributed by atoms with E-state index in [2.05, 4.69) is 16.7 Å². The number of thiophene rings is 1. The highest BCUT2D eigenvalue weighted by molar-refractivity contribution is 7.16. The van der Waals surface area contributed by atoms with Crippen LogP contribution in [-0.2, 0) is 17.8 Å². The predicted octanol–water partition coefficient (Wildman–Crippen LogP) is 2.34. The number of rotatable bonds is 3. The third-order valence-electron chi connectivity index (χ3n) is 2.83. The Labute approximate surface area is 116 Å². The van der Waals surface area contributed by atoms with Gasteiger partial charge in [0.25, 0.3) is 0 Å². The van der Waals surface area contributed by atoms with Gasteiger partial charge in [-0.1, -0.05) is 18.2 Å². The van der Waals surface area contributed by atoms with Crippen LogP contribution >= 0.6 is 11.3 Å². The highest BCUT2D eigenvalue weighted by Gasteiger charge is 2.20.